The van der Waals surface area contributed by atoms with Crippen LogP contribution < -0.4 is 0 Å². The Kier molecular flexibility index (Phi) is 7.40. The van der Waals surface area contributed by atoms with Crippen LogP contribution in [0, 0.1) is 5.82 Å². The first kappa shape index (κ1) is 24.0. The van der Waals surface area contributed by atoms with Crippen molar-refractivity contribution in [2.24, 2.45) is 0 Å². The maximum atomic E-state index is 14.2. The topological polar surface area (TPSA) is 70.8 Å². The van der Waals surface area contributed by atoms with Gasteiger partial charge in [0.25, 0.3) is 5.91 Å². The number of benzene rings is 1. The summed E-state index contributed by atoms with van der Waals surface area (Å²) in [5.74, 6) is -2.02. The Labute approximate surface area is 190 Å². The molecular formula is C21H17F4NO4S2. The van der Waals surface area contributed by atoms with E-state index in [1.165, 1.54) is 23.1 Å². The largest absolute Gasteiger partial charge is 0.481 e. The molecule has 1 aromatic carbocycles. The summed E-state index contributed by atoms with van der Waals surface area (Å²) in [6.07, 6.45) is -1.39. The van der Waals surface area contributed by atoms with Crippen LogP contribution in [0.1, 0.15) is 37.0 Å². The minimum atomic E-state index is -4.65. The van der Waals surface area contributed by atoms with Gasteiger partial charge < -0.3 is 9.52 Å². The molecule has 0 bridgehead atoms. The van der Waals surface area contributed by atoms with Crippen LogP contribution in [0.5, 0.6) is 0 Å². The standard InChI is InChI=1S/C21H17F4NO4S2/c22-15-10-12(21(23,24)25)5-7-14(15)16-8-6-13(30-16)11-17-19(29)26(20(31)32-17)9-3-1-2-4-18(27)28/h5-8,10-11H,1-4,9H2,(H,27,28)/b17-11+. The number of rotatable bonds is 8. The summed E-state index contributed by atoms with van der Waals surface area (Å²) in [5, 5.41) is 8.65. The summed E-state index contributed by atoms with van der Waals surface area (Å²) >= 11 is 6.31. The second-order valence-electron chi connectivity index (χ2n) is 6.93. The summed E-state index contributed by atoms with van der Waals surface area (Å²) in [5.41, 5.74) is -1.23. The maximum absolute atomic E-state index is 14.2. The molecule has 0 saturated carbocycles. The third-order valence-electron chi connectivity index (χ3n) is 4.61. The number of carbonyl (C=O) groups is 2. The number of hydrogen-bond acceptors (Lipinski definition) is 5. The number of thiocarbonyl (C=S) groups is 1. The van der Waals surface area contributed by atoms with Crippen molar-refractivity contribution in [3.05, 3.63) is 52.4 Å². The smallest absolute Gasteiger partial charge is 0.416 e. The molecule has 170 valence electrons. The number of amides is 1. The first-order valence-electron chi connectivity index (χ1n) is 9.50. The summed E-state index contributed by atoms with van der Waals surface area (Å²) < 4.78 is 58.2. The Balaban J connectivity index is 1.68. The number of unbranched alkanes of at least 4 members (excludes halogenated alkanes) is 2. The van der Waals surface area contributed by atoms with Crippen LogP contribution >= 0.6 is 24.0 Å². The van der Waals surface area contributed by atoms with E-state index < -0.39 is 23.5 Å². The normalized spacial score (nSPS) is 15.8. The van der Waals surface area contributed by atoms with Gasteiger partial charge in [-0.2, -0.15) is 13.2 Å². The number of furan rings is 1. The lowest BCUT2D eigenvalue weighted by atomic mass is 10.1. The molecule has 1 aliphatic rings. The SMILES string of the molecule is O=C(O)CCCCCN1C(=O)/C(=C\c2ccc(-c3ccc(C(F)(F)F)cc3F)o2)SC1=S. The van der Waals surface area contributed by atoms with Crippen molar-refractivity contribution >= 4 is 46.3 Å². The Bertz CT molecular complexity index is 1080. The van der Waals surface area contributed by atoms with E-state index in [0.717, 1.165) is 23.9 Å². The van der Waals surface area contributed by atoms with E-state index in [-0.39, 0.29) is 29.4 Å². The lowest BCUT2D eigenvalue weighted by Gasteiger charge is -2.13. The van der Waals surface area contributed by atoms with Gasteiger partial charge in [0, 0.05) is 19.0 Å². The number of nitrogens with zero attached hydrogens (tertiary/aromatic N) is 1. The number of thioether (sulfide) groups is 1. The van der Waals surface area contributed by atoms with E-state index in [0.29, 0.717) is 41.1 Å². The number of carboxylic acid groups (broad SMARTS) is 1. The van der Waals surface area contributed by atoms with Crippen LogP contribution in [-0.4, -0.2) is 32.7 Å². The quantitative estimate of drug-likeness (QED) is 0.215. The van der Waals surface area contributed by atoms with Gasteiger partial charge in [-0.25, -0.2) is 4.39 Å². The van der Waals surface area contributed by atoms with Gasteiger partial charge in [-0.1, -0.05) is 30.4 Å². The third-order valence-corrected chi connectivity index (χ3v) is 5.99. The third kappa shape index (κ3) is 5.77. The predicted molar refractivity (Wildman–Crippen MR) is 115 cm³/mol. The molecule has 1 N–H and O–H groups in total. The minimum absolute atomic E-state index is 0.0244. The van der Waals surface area contributed by atoms with Gasteiger partial charge in [-0.05, 0) is 43.2 Å². The van der Waals surface area contributed by atoms with Crippen LogP contribution in [-0.2, 0) is 15.8 Å². The number of alkyl halides is 3. The molecule has 0 spiro atoms. The molecule has 2 aromatic rings. The summed E-state index contributed by atoms with van der Waals surface area (Å²) in [6, 6.07) is 5.04. The summed E-state index contributed by atoms with van der Waals surface area (Å²) in [6.45, 7) is 0.363. The second kappa shape index (κ2) is 9.86. The van der Waals surface area contributed by atoms with Gasteiger partial charge in [-0.3, -0.25) is 14.5 Å². The molecule has 3 rings (SSSR count). The van der Waals surface area contributed by atoms with Crippen LogP contribution in [0.3, 0.4) is 0 Å². The molecule has 5 nitrogen and oxygen atoms in total. The molecule has 0 radical (unpaired) electrons. The van der Waals surface area contributed by atoms with Gasteiger partial charge in [-0.15, -0.1) is 0 Å². The predicted octanol–water partition coefficient (Wildman–Crippen LogP) is 5.95. The van der Waals surface area contributed by atoms with Crippen LogP contribution in [0.2, 0.25) is 0 Å². The van der Waals surface area contributed by atoms with Crippen LogP contribution in [0.15, 0.2) is 39.7 Å². The van der Waals surface area contributed by atoms with Crippen molar-refractivity contribution in [1.29, 1.82) is 0 Å². The van der Waals surface area contributed by atoms with Crippen molar-refractivity contribution < 1.29 is 36.7 Å². The zero-order chi connectivity index (χ0) is 23.5. The van der Waals surface area contributed by atoms with E-state index in [9.17, 15) is 27.2 Å². The van der Waals surface area contributed by atoms with Crippen molar-refractivity contribution in [3.8, 4) is 11.3 Å². The Morgan fingerprint density at radius 2 is 1.94 bits per heavy atom. The molecule has 0 atom stereocenters. The van der Waals surface area contributed by atoms with Gasteiger partial charge in [0.05, 0.1) is 16.0 Å². The van der Waals surface area contributed by atoms with E-state index in [1.54, 1.807) is 0 Å². The van der Waals surface area contributed by atoms with Gasteiger partial charge in [0.15, 0.2) is 0 Å². The number of aliphatic carboxylic acids is 1. The van der Waals surface area contributed by atoms with Gasteiger partial charge >= 0.3 is 12.1 Å². The zero-order valence-corrected chi connectivity index (χ0v) is 18.1. The lowest BCUT2D eigenvalue weighted by molar-refractivity contribution is -0.138. The van der Waals surface area contributed by atoms with Crippen molar-refractivity contribution in [3.63, 3.8) is 0 Å². The lowest BCUT2D eigenvalue weighted by Crippen LogP contribution is -2.29. The van der Waals surface area contributed by atoms with E-state index in [1.807, 2.05) is 0 Å². The number of carbonyl (C=O) groups excluding carboxylic acids is 1. The van der Waals surface area contributed by atoms with Crippen LogP contribution in [0.25, 0.3) is 17.4 Å². The van der Waals surface area contributed by atoms with Gasteiger partial charge in [0.2, 0.25) is 0 Å². The van der Waals surface area contributed by atoms with E-state index >= 15 is 0 Å². The van der Waals surface area contributed by atoms with E-state index in [2.05, 4.69) is 0 Å². The molecule has 2 heterocycles. The Morgan fingerprint density at radius 1 is 1.19 bits per heavy atom. The molecular weight excluding hydrogens is 470 g/mol. The monoisotopic (exact) mass is 487 g/mol. The number of carboxylic acids is 1. The van der Waals surface area contributed by atoms with Crippen molar-refractivity contribution in [2.45, 2.75) is 31.9 Å². The molecule has 32 heavy (non-hydrogen) atoms. The Morgan fingerprint density at radius 3 is 2.59 bits per heavy atom. The highest BCUT2D eigenvalue weighted by atomic mass is 32.2. The first-order chi connectivity index (χ1) is 15.1. The Hall–Kier alpha value is -2.66. The highest BCUT2D eigenvalue weighted by Crippen LogP contribution is 2.35. The van der Waals surface area contributed by atoms with E-state index in [4.69, 9.17) is 21.7 Å². The zero-order valence-electron chi connectivity index (χ0n) is 16.4. The molecule has 1 saturated heterocycles. The highest BCUT2D eigenvalue weighted by Gasteiger charge is 2.33. The first-order valence-corrected chi connectivity index (χ1v) is 10.7. The minimum Gasteiger partial charge on any atom is -0.481 e. The average molecular weight is 487 g/mol. The van der Waals surface area contributed by atoms with Crippen molar-refractivity contribution in [1.82, 2.24) is 4.90 Å². The molecule has 1 aliphatic heterocycles. The molecule has 11 heteroatoms. The molecule has 0 unspecified atom stereocenters. The summed E-state index contributed by atoms with van der Waals surface area (Å²) in [7, 11) is 0. The fourth-order valence-corrected chi connectivity index (χ4v) is 4.30. The van der Waals surface area contributed by atoms with Gasteiger partial charge in [0.1, 0.15) is 21.7 Å². The average Bonchev–Trinajstić information content (AvgIpc) is 3.26. The molecule has 0 aliphatic carbocycles. The maximum Gasteiger partial charge on any atom is 0.416 e. The fourth-order valence-electron chi connectivity index (χ4n) is 3.01. The molecule has 1 aromatic heterocycles. The number of halogens is 4. The summed E-state index contributed by atoms with van der Waals surface area (Å²) in [4.78, 5) is 24.9. The van der Waals surface area contributed by atoms with Crippen LogP contribution in [0.4, 0.5) is 17.6 Å². The highest BCUT2D eigenvalue weighted by molar-refractivity contribution is 8.26. The second-order valence-corrected chi connectivity index (χ2v) is 8.61. The molecule has 1 fully saturated rings. The van der Waals surface area contributed by atoms with Crippen molar-refractivity contribution in [2.75, 3.05) is 6.54 Å². The fraction of sp³-hybridized carbons (Fsp3) is 0.286. The molecule has 1 amide bonds. The number of hydrogen-bond donors (Lipinski definition) is 1.